The molecule has 2 aromatic rings. The predicted molar refractivity (Wildman–Crippen MR) is 54.2 cm³/mol. The van der Waals surface area contributed by atoms with Crippen LogP contribution < -0.4 is 5.32 Å². The molecule has 0 saturated carbocycles. The lowest BCUT2D eigenvalue weighted by atomic mass is 10.2. The minimum absolute atomic E-state index is 0.116. The normalized spacial score (nSPS) is 10.4. The number of nitrogens with one attached hydrogen (secondary N) is 2. The molecule has 4 heteroatoms. The van der Waals surface area contributed by atoms with E-state index in [4.69, 9.17) is 0 Å². The van der Waals surface area contributed by atoms with Gasteiger partial charge in [0.15, 0.2) is 0 Å². The molecule has 0 spiro atoms. The Kier molecular flexibility index (Phi) is 1.96. The van der Waals surface area contributed by atoms with Gasteiger partial charge >= 0.3 is 0 Å². The van der Waals surface area contributed by atoms with Crippen LogP contribution in [0.3, 0.4) is 0 Å². The van der Waals surface area contributed by atoms with Crippen LogP contribution in [0.25, 0.3) is 11.0 Å². The van der Waals surface area contributed by atoms with E-state index in [0.29, 0.717) is 5.56 Å². The molecule has 4 nitrogen and oxygen atoms in total. The van der Waals surface area contributed by atoms with E-state index in [0.717, 1.165) is 16.7 Å². The van der Waals surface area contributed by atoms with Crippen LogP contribution in [0.15, 0.2) is 18.3 Å². The van der Waals surface area contributed by atoms with Crippen molar-refractivity contribution in [1.29, 1.82) is 0 Å². The third-order valence-electron chi connectivity index (χ3n) is 2.13. The van der Waals surface area contributed by atoms with Crippen molar-refractivity contribution in [3.8, 4) is 0 Å². The fourth-order valence-corrected chi connectivity index (χ4v) is 1.40. The van der Waals surface area contributed by atoms with Crippen molar-refractivity contribution >= 4 is 16.9 Å². The minimum Gasteiger partial charge on any atom is -0.359 e. The molecule has 2 rings (SSSR count). The maximum absolute atomic E-state index is 11.4. The highest BCUT2D eigenvalue weighted by molar-refractivity contribution is 6.05. The zero-order valence-electron chi connectivity index (χ0n) is 8.09. The number of amides is 1. The van der Waals surface area contributed by atoms with Gasteiger partial charge in [-0.25, -0.2) is 0 Å². The SMILES string of the molecule is CNC(=O)c1c[nH]c2ccc(C)nc12. The second-order valence-electron chi connectivity index (χ2n) is 3.13. The van der Waals surface area contributed by atoms with E-state index >= 15 is 0 Å². The zero-order chi connectivity index (χ0) is 10.1. The number of H-pyrrole nitrogens is 1. The smallest absolute Gasteiger partial charge is 0.254 e. The Bertz CT molecular complexity index is 487. The van der Waals surface area contributed by atoms with Gasteiger partial charge in [0.05, 0.1) is 11.1 Å². The van der Waals surface area contributed by atoms with Crippen LogP contribution in [0.1, 0.15) is 16.1 Å². The lowest BCUT2D eigenvalue weighted by Gasteiger charge is -1.97. The van der Waals surface area contributed by atoms with Crippen molar-refractivity contribution in [1.82, 2.24) is 15.3 Å². The van der Waals surface area contributed by atoms with Gasteiger partial charge in [-0.1, -0.05) is 0 Å². The molecule has 0 aromatic carbocycles. The largest absolute Gasteiger partial charge is 0.359 e. The standard InChI is InChI=1S/C10H11N3O/c1-6-3-4-8-9(13-6)7(5-12-8)10(14)11-2/h3-5,12H,1-2H3,(H,11,14). The van der Waals surface area contributed by atoms with E-state index in [1.165, 1.54) is 0 Å². The summed E-state index contributed by atoms with van der Waals surface area (Å²) in [5.74, 6) is -0.116. The van der Waals surface area contributed by atoms with Crippen molar-refractivity contribution in [2.45, 2.75) is 6.92 Å². The number of fused-ring (bicyclic) bond motifs is 1. The Morgan fingerprint density at radius 2 is 2.29 bits per heavy atom. The number of carbonyl (C=O) groups is 1. The van der Waals surface area contributed by atoms with Crippen LogP contribution in [0.5, 0.6) is 0 Å². The molecule has 2 heterocycles. The maximum atomic E-state index is 11.4. The summed E-state index contributed by atoms with van der Waals surface area (Å²) >= 11 is 0. The zero-order valence-corrected chi connectivity index (χ0v) is 8.09. The Morgan fingerprint density at radius 3 is 3.00 bits per heavy atom. The van der Waals surface area contributed by atoms with Gasteiger partial charge < -0.3 is 10.3 Å². The number of rotatable bonds is 1. The van der Waals surface area contributed by atoms with Crippen LogP contribution >= 0.6 is 0 Å². The molecule has 2 aromatic heterocycles. The summed E-state index contributed by atoms with van der Waals surface area (Å²) in [5, 5.41) is 2.58. The van der Waals surface area contributed by atoms with Gasteiger partial charge in [-0.05, 0) is 19.1 Å². The van der Waals surface area contributed by atoms with Crippen molar-refractivity contribution < 1.29 is 4.79 Å². The van der Waals surface area contributed by atoms with E-state index in [2.05, 4.69) is 15.3 Å². The highest BCUT2D eigenvalue weighted by atomic mass is 16.1. The number of aromatic amines is 1. The number of carbonyl (C=O) groups excluding carboxylic acids is 1. The first-order valence-corrected chi connectivity index (χ1v) is 4.39. The monoisotopic (exact) mass is 189 g/mol. The molecular formula is C10H11N3O. The van der Waals surface area contributed by atoms with Gasteiger partial charge in [-0.15, -0.1) is 0 Å². The maximum Gasteiger partial charge on any atom is 0.254 e. The summed E-state index contributed by atoms with van der Waals surface area (Å²) in [6.45, 7) is 1.90. The average Bonchev–Trinajstić information content (AvgIpc) is 2.59. The fourth-order valence-electron chi connectivity index (χ4n) is 1.40. The minimum atomic E-state index is -0.116. The molecular weight excluding hydrogens is 178 g/mol. The van der Waals surface area contributed by atoms with Gasteiger partial charge in [0.1, 0.15) is 5.52 Å². The molecule has 2 N–H and O–H groups in total. The first kappa shape index (κ1) is 8.74. The number of pyridine rings is 1. The van der Waals surface area contributed by atoms with Crippen LogP contribution in [0.4, 0.5) is 0 Å². The molecule has 0 unspecified atom stereocenters. The molecule has 0 aliphatic rings. The van der Waals surface area contributed by atoms with Crippen molar-refractivity contribution in [2.75, 3.05) is 7.05 Å². The van der Waals surface area contributed by atoms with Crippen LogP contribution in [0, 0.1) is 6.92 Å². The highest BCUT2D eigenvalue weighted by Gasteiger charge is 2.11. The molecule has 14 heavy (non-hydrogen) atoms. The molecule has 0 saturated heterocycles. The van der Waals surface area contributed by atoms with Gasteiger partial charge in [0.25, 0.3) is 5.91 Å². The summed E-state index contributed by atoms with van der Waals surface area (Å²) in [6, 6.07) is 3.83. The third-order valence-corrected chi connectivity index (χ3v) is 2.13. The second-order valence-corrected chi connectivity index (χ2v) is 3.13. The Balaban J connectivity index is 2.67. The van der Waals surface area contributed by atoms with E-state index in [-0.39, 0.29) is 5.91 Å². The average molecular weight is 189 g/mol. The molecule has 72 valence electrons. The van der Waals surface area contributed by atoms with Gasteiger partial charge in [0.2, 0.25) is 0 Å². The highest BCUT2D eigenvalue weighted by Crippen LogP contribution is 2.15. The lowest BCUT2D eigenvalue weighted by Crippen LogP contribution is -2.17. The van der Waals surface area contributed by atoms with Crippen molar-refractivity contribution in [3.63, 3.8) is 0 Å². The summed E-state index contributed by atoms with van der Waals surface area (Å²) in [4.78, 5) is 18.7. The van der Waals surface area contributed by atoms with E-state index < -0.39 is 0 Å². The van der Waals surface area contributed by atoms with E-state index in [1.807, 2.05) is 19.1 Å². The molecule has 0 bridgehead atoms. The van der Waals surface area contributed by atoms with Crippen molar-refractivity contribution in [3.05, 3.63) is 29.6 Å². The second kappa shape index (κ2) is 3.14. The molecule has 1 amide bonds. The van der Waals surface area contributed by atoms with Crippen LogP contribution in [-0.2, 0) is 0 Å². The van der Waals surface area contributed by atoms with Crippen molar-refractivity contribution in [2.24, 2.45) is 0 Å². The first-order chi connectivity index (χ1) is 6.72. The van der Waals surface area contributed by atoms with Gasteiger partial charge in [0, 0.05) is 18.9 Å². The summed E-state index contributed by atoms with van der Waals surface area (Å²) < 4.78 is 0. The fraction of sp³-hybridized carbons (Fsp3) is 0.200. The van der Waals surface area contributed by atoms with Gasteiger partial charge in [-0.2, -0.15) is 0 Å². The van der Waals surface area contributed by atoms with Crippen LogP contribution in [-0.4, -0.2) is 22.9 Å². The first-order valence-electron chi connectivity index (χ1n) is 4.39. The summed E-state index contributed by atoms with van der Waals surface area (Å²) in [5.41, 5.74) is 3.10. The van der Waals surface area contributed by atoms with Crippen LogP contribution in [0.2, 0.25) is 0 Å². The van der Waals surface area contributed by atoms with E-state index in [1.54, 1.807) is 13.2 Å². The molecule has 0 radical (unpaired) electrons. The third kappa shape index (κ3) is 1.25. The lowest BCUT2D eigenvalue weighted by molar-refractivity contribution is 0.0964. The summed E-state index contributed by atoms with van der Waals surface area (Å²) in [7, 11) is 1.61. The quantitative estimate of drug-likeness (QED) is 0.708. The number of nitrogens with zero attached hydrogens (tertiary/aromatic N) is 1. The number of hydrogen-bond acceptors (Lipinski definition) is 2. The Morgan fingerprint density at radius 1 is 1.50 bits per heavy atom. The molecule has 0 fully saturated rings. The predicted octanol–water partition coefficient (Wildman–Crippen LogP) is 1.23. The topological polar surface area (TPSA) is 57.8 Å². The van der Waals surface area contributed by atoms with Gasteiger partial charge in [-0.3, -0.25) is 9.78 Å². The molecule has 0 aliphatic carbocycles. The Labute approximate surface area is 81.3 Å². The van der Waals surface area contributed by atoms with E-state index in [9.17, 15) is 4.79 Å². The number of hydrogen-bond donors (Lipinski definition) is 2. The number of aromatic nitrogens is 2. The summed E-state index contributed by atoms with van der Waals surface area (Å²) in [6.07, 6.45) is 1.68. The molecule has 0 atom stereocenters. The number of aryl methyl sites for hydroxylation is 1. The Hall–Kier alpha value is -1.84. The molecule has 0 aliphatic heterocycles.